The van der Waals surface area contributed by atoms with Crippen LogP contribution in [0.1, 0.15) is 23.2 Å². The fourth-order valence-corrected chi connectivity index (χ4v) is 3.37. The number of hydrogen-bond acceptors (Lipinski definition) is 6. The normalized spacial score (nSPS) is 21.6. The van der Waals surface area contributed by atoms with Gasteiger partial charge in [-0.2, -0.15) is 0 Å². The molecule has 9 nitrogen and oxygen atoms in total. The molecule has 2 N–H and O–H groups in total. The first-order chi connectivity index (χ1) is 12.4. The number of carbonyl (C=O) groups is 3. The molecule has 1 aliphatic carbocycles. The lowest BCUT2D eigenvalue weighted by molar-refractivity contribution is -0.384. The van der Waals surface area contributed by atoms with Crippen molar-refractivity contribution >= 4 is 29.2 Å². The summed E-state index contributed by atoms with van der Waals surface area (Å²) in [6.07, 6.45) is 4.93. The average Bonchev–Trinajstić information content (AvgIpc) is 2.86. The Hall–Kier alpha value is -3.23. The molecule has 1 aliphatic heterocycles. The molecule has 2 unspecified atom stereocenters. The predicted octanol–water partition coefficient (Wildman–Crippen LogP) is 1.66. The van der Waals surface area contributed by atoms with Gasteiger partial charge in [0, 0.05) is 30.9 Å². The summed E-state index contributed by atoms with van der Waals surface area (Å²) in [4.78, 5) is 47.3. The maximum absolute atomic E-state index is 12.4. The van der Waals surface area contributed by atoms with E-state index in [1.165, 1.54) is 17.0 Å². The van der Waals surface area contributed by atoms with E-state index in [1.54, 1.807) is 0 Å². The van der Waals surface area contributed by atoms with Gasteiger partial charge in [-0.1, -0.05) is 12.2 Å². The van der Waals surface area contributed by atoms with Crippen molar-refractivity contribution in [1.82, 2.24) is 4.90 Å². The van der Waals surface area contributed by atoms with E-state index in [-0.39, 0.29) is 53.7 Å². The minimum atomic E-state index is -1.30. The largest absolute Gasteiger partial charge is 0.478 e. The number of anilines is 1. The SMILES string of the molecule is O=C(O)c1cc([N+](=O)[O-])ccc1NCCN1C(=O)C2CC=CCC2C1=O. The van der Waals surface area contributed by atoms with Crippen molar-refractivity contribution in [3.8, 4) is 0 Å². The molecule has 3 rings (SSSR count). The van der Waals surface area contributed by atoms with Crippen LogP contribution in [-0.2, 0) is 9.59 Å². The van der Waals surface area contributed by atoms with E-state index in [0.717, 1.165) is 6.07 Å². The van der Waals surface area contributed by atoms with Crippen molar-refractivity contribution in [2.75, 3.05) is 18.4 Å². The first kappa shape index (κ1) is 17.6. The average molecular weight is 359 g/mol. The molecule has 2 aliphatic rings. The van der Waals surface area contributed by atoms with Gasteiger partial charge in [-0.3, -0.25) is 24.6 Å². The van der Waals surface area contributed by atoms with Crippen molar-refractivity contribution in [3.05, 3.63) is 46.0 Å². The molecular weight excluding hydrogens is 342 g/mol. The topological polar surface area (TPSA) is 130 Å². The van der Waals surface area contributed by atoms with E-state index in [4.69, 9.17) is 0 Å². The molecule has 1 saturated heterocycles. The number of benzene rings is 1. The number of nitro groups is 1. The number of nitro benzene ring substituents is 1. The number of fused-ring (bicyclic) bond motifs is 1. The molecule has 0 bridgehead atoms. The quantitative estimate of drug-likeness (QED) is 0.342. The molecule has 1 aromatic carbocycles. The predicted molar refractivity (Wildman–Crippen MR) is 90.6 cm³/mol. The molecule has 0 radical (unpaired) electrons. The number of carboxylic acid groups (broad SMARTS) is 1. The molecule has 0 aromatic heterocycles. The maximum Gasteiger partial charge on any atom is 0.338 e. The number of nitrogens with zero attached hydrogens (tertiary/aromatic N) is 2. The number of allylic oxidation sites excluding steroid dienone is 2. The highest BCUT2D eigenvalue weighted by Crippen LogP contribution is 2.34. The van der Waals surface area contributed by atoms with Crippen LogP contribution in [0.3, 0.4) is 0 Å². The summed E-state index contributed by atoms with van der Waals surface area (Å²) in [5.41, 5.74) is -0.369. The lowest BCUT2D eigenvalue weighted by atomic mass is 9.85. The second-order valence-corrected chi connectivity index (χ2v) is 6.20. The third kappa shape index (κ3) is 3.15. The molecule has 136 valence electrons. The van der Waals surface area contributed by atoms with Crippen LogP contribution in [0.15, 0.2) is 30.4 Å². The molecule has 0 spiro atoms. The van der Waals surface area contributed by atoms with E-state index >= 15 is 0 Å². The van der Waals surface area contributed by atoms with E-state index in [2.05, 4.69) is 5.32 Å². The highest BCUT2D eigenvalue weighted by Gasteiger charge is 2.46. The van der Waals surface area contributed by atoms with Gasteiger partial charge in [0.25, 0.3) is 5.69 Å². The van der Waals surface area contributed by atoms with Gasteiger partial charge in [0.05, 0.1) is 22.3 Å². The van der Waals surface area contributed by atoms with Gasteiger partial charge in [-0.15, -0.1) is 0 Å². The minimum Gasteiger partial charge on any atom is -0.478 e. The lowest BCUT2D eigenvalue weighted by Crippen LogP contribution is -2.35. The molecule has 1 aromatic rings. The van der Waals surface area contributed by atoms with Crippen LogP contribution in [0, 0.1) is 22.0 Å². The molecular formula is C17H17N3O6. The number of likely N-dealkylation sites (tertiary alicyclic amines) is 1. The summed E-state index contributed by atoms with van der Waals surface area (Å²) >= 11 is 0. The monoisotopic (exact) mass is 359 g/mol. The Labute approximate surface area is 148 Å². The van der Waals surface area contributed by atoms with Crippen molar-refractivity contribution in [2.45, 2.75) is 12.8 Å². The highest BCUT2D eigenvalue weighted by molar-refractivity contribution is 6.05. The number of imide groups is 1. The molecule has 1 heterocycles. The summed E-state index contributed by atoms with van der Waals surface area (Å²) in [5.74, 6) is -2.31. The summed E-state index contributed by atoms with van der Waals surface area (Å²) in [6, 6.07) is 3.47. The van der Waals surface area contributed by atoms with Crippen LogP contribution in [-0.4, -0.2) is 45.8 Å². The smallest absolute Gasteiger partial charge is 0.338 e. The summed E-state index contributed by atoms with van der Waals surface area (Å²) < 4.78 is 0. The highest BCUT2D eigenvalue weighted by atomic mass is 16.6. The van der Waals surface area contributed by atoms with Gasteiger partial charge in [-0.05, 0) is 18.9 Å². The third-order valence-corrected chi connectivity index (χ3v) is 4.69. The molecule has 9 heteroatoms. The number of rotatable bonds is 6. The number of hydrogen-bond donors (Lipinski definition) is 2. The number of amides is 2. The van der Waals surface area contributed by atoms with Crippen molar-refractivity contribution in [2.24, 2.45) is 11.8 Å². The van der Waals surface area contributed by atoms with Crippen LogP contribution < -0.4 is 5.32 Å². The second-order valence-electron chi connectivity index (χ2n) is 6.20. The fraction of sp³-hybridized carbons (Fsp3) is 0.353. The van der Waals surface area contributed by atoms with Gasteiger partial charge in [0.15, 0.2) is 0 Å². The summed E-state index contributed by atoms with van der Waals surface area (Å²) in [5, 5.41) is 22.8. The minimum absolute atomic E-state index is 0.112. The van der Waals surface area contributed by atoms with Crippen LogP contribution in [0.2, 0.25) is 0 Å². The number of non-ortho nitro benzene ring substituents is 1. The number of carboxylic acids is 1. The first-order valence-corrected chi connectivity index (χ1v) is 8.16. The van der Waals surface area contributed by atoms with Gasteiger partial charge in [-0.25, -0.2) is 4.79 Å². The van der Waals surface area contributed by atoms with Crippen LogP contribution in [0.25, 0.3) is 0 Å². The van der Waals surface area contributed by atoms with E-state index in [0.29, 0.717) is 12.8 Å². The third-order valence-electron chi connectivity index (χ3n) is 4.69. The lowest BCUT2D eigenvalue weighted by Gasteiger charge is -2.16. The van der Waals surface area contributed by atoms with Gasteiger partial charge >= 0.3 is 5.97 Å². The number of aromatic carboxylic acids is 1. The molecule has 1 fully saturated rings. The number of carbonyl (C=O) groups excluding carboxylic acids is 2. The summed E-state index contributed by atoms with van der Waals surface area (Å²) in [6.45, 7) is 0.267. The molecule has 2 amide bonds. The Morgan fingerprint density at radius 2 is 1.85 bits per heavy atom. The number of nitrogens with one attached hydrogen (secondary N) is 1. The Morgan fingerprint density at radius 3 is 2.38 bits per heavy atom. The summed E-state index contributed by atoms with van der Waals surface area (Å²) in [7, 11) is 0. The maximum atomic E-state index is 12.4. The van der Waals surface area contributed by atoms with Crippen LogP contribution in [0.4, 0.5) is 11.4 Å². The molecule has 26 heavy (non-hydrogen) atoms. The zero-order valence-electron chi connectivity index (χ0n) is 13.8. The standard InChI is InChI=1S/C17H17N3O6/c21-15-11-3-1-2-4-12(11)16(22)19(15)8-7-18-14-6-5-10(20(25)26)9-13(14)17(23)24/h1-2,5-6,9,11-12,18H,3-4,7-8H2,(H,23,24). The van der Waals surface area contributed by atoms with Crippen LogP contribution in [0.5, 0.6) is 0 Å². The second kappa shape index (κ2) is 6.95. The van der Waals surface area contributed by atoms with Crippen molar-refractivity contribution in [1.29, 1.82) is 0 Å². The van der Waals surface area contributed by atoms with Crippen molar-refractivity contribution in [3.63, 3.8) is 0 Å². The Morgan fingerprint density at radius 1 is 1.23 bits per heavy atom. The Balaban J connectivity index is 1.67. The van der Waals surface area contributed by atoms with Crippen molar-refractivity contribution < 1.29 is 24.4 Å². The van der Waals surface area contributed by atoms with E-state index in [1.807, 2.05) is 12.2 Å². The Bertz CT molecular complexity index is 793. The van der Waals surface area contributed by atoms with E-state index in [9.17, 15) is 29.6 Å². The molecule has 0 saturated carbocycles. The zero-order chi connectivity index (χ0) is 18.8. The Kier molecular flexibility index (Phi) is 4.70. The fourth-order valence-electron chi connectivity index (χ4n) is 3.37. The first-order valence-electron chi connectivity index (χ1n) is 8.16. The van der Waals surface area contributed by atoms with Crippen LogP contribution >= 0.6 is 0 Å². The molecule has 2 atom stereocenters. The zero-order valence-corrected chi connectivity index (χ0v) is 13.8. The van der Waals surface area contributed by atoms with Gasteiger partial charge in [0.1, 0.15) is 0 Å². The van der Waals surface area contributed by atoms with E-state index < -0.39 is 10.9 Å². The van der Waals surface area contributed by atoms with Gasteiger partial charge in [0.2, 0.25) is 11.8 Å². The van der Waals surface area contributed by atoms with Gasteiger partial charge < -0.3 is 10.4 Å².